The van der Waals surface area contributed by atoms with Crippen molar-refractivity contribution in [2.45, 2.75) is 6.92 Å². The fraction of sp³-hybridized carbons (Fsp3) is 0.143. The Morgan fingerprint density at radius 3 is 2.14 bits per heavy atom. The summed E-state index contributed by atoms with van der Waals surface area (Å²) in [6, 6.07) is 22.0. The third kappa shape index (κ3) is 4.97. The fourth-order valence-corrected chi connectivity index (χ4v) is 3.61. The number of rotatable bonds is 8. The van der Waals surface area contributed by atoms with Crippen LogP contribution < -0.4 is 14.2 Å². The van der Waals surface area contributed by atoms with Gasteiger partial charge in [0.15, 0.2) is 11.5 Å². The van der Waals surface area contributed by atoms with Crippen molar-refractivity contribution in [3.8, 4) is 51.5 Å². The van der Waals surface area contributed by atoms with Crippen LogP contribution in [0.3, 0.4) is 0 Å². The molecule has 1 heterocycles. The van der Waals surface area contributed by atoms with Gasteiger partial charge in [-0.15, -0.1) is 0 Å². The Labute approximate surface area is 203 Å². The summed E-state index contributed by atoms with van der Waals surface area (Å²) in [5.74, 6) is 2.51. The summed E-state index contributed by atoms with van der Waals surface area (Å²) < 4.78 is 22.1. The van der Waals surface area contributed by atoms with Crippen LogP contribution in [0, 0.1) is 11.3 Å². The molecule has 0 aliphatic heterocycles. The van der Waals surface area contributed by atoms with Gasteiger partial charge in [-0.1, -0.05) is 12.1 Å². The molecule has 4 aromatic rings. The highest BCUT2D eigenvalue weighted by molar-refractivity contribution is 5.90. The standard InChI is InChI=1S/C28H24N2O5/c1-4-34-25-15-18(5-14-24(25)31)17-30-28-23(16-29)26(19-6-10-21(32-2)11-7-19)27(35-28)20-8-12-22(33-3)13-9-20/h5-15,17,31H,4H2,1-3H3. The van der Waals surface area contributed by atoms with Gasteiger partial charge in [0.1, 0.15) is 28.9 Å². The Hall–Kier alpha value is -4.70. The minimum absolute atomic E-state index is 0.0447. The molecule has 0 fully saturated rings. The second kappa shape index (κ2) is 10.5. The molecule has 1 N–H and O–H groups in total. The van der Waals surface area contributed by atoms with Crippen LogP contribution in [-0.2, 0) is 0 Å². The zero-order valence-corrected chi connectivity index (χ0v) is 19.6. The lowest BCUT2D eigenvalue weighted by molar-refractivity contribution is 0.318. The quantitative estimate of drug-likeness (QED) is 0.302. The Kier molecular flexibility index (Phi) is 7.03. The van der Waals surface area contributed by atoms with E-state index in [0.29, 0.717) is 46.3 Å². The monoisotopic (exact) mass is 468 g/mol. The van der Waals surface area contributed by atoms with E-state index in [1.165, 1.54) is 6.07 Å². The third-order valence-electron chi connectivity index (χ3n) is 5.35. The van der Waals surface area contributed by atoms with Gasteiger partial charge in [-0.3, -0.25) is 0 Å². The van der Waals surface area contributed by atoms with Gasteiger partial charge in [0.05, 0.1) is 20.8 Å². The molecule has 0 atom stereocenters. The molecule has 0 saturated heterocycles. The van der Waals surface area contributed by atoms with Crippen molar-refractivity contribution in [1.82, 2.24) is 0 Å². The highest BCUT2D eigenvalue weighted by Gasteiger charge is 2.23. The number of nitriles is 1. The molecule has 0 aliphatic rings. The van der Waals surface area contributed by atoms with E-state index >= 15 is 0 Å². The largest absolute Gasteiger partial charge is 0.504 e. The summed E-state index contributed by atoms with van der Waals surface area (Å²) in [6.07, 6.45) is 1.57. The topological polar surface area (TPSA) is 97.2 Å². The number of hydrogen-bond donors (Lipinski definition) is 1. The molecule has 35 heavy (non-hydrogen) atoms. The first-order chi connectivity index (χ1) is 17.1. The average Bonchev–Trinajstić information content (AvgIpc) is 3.27. The van der Waals surface area contributed by atoms with E-state index in [0.717, 1.165) is 11.1 Å². The van der Waals surface area contributed by atoms with Crippen LogP contribution in [-0.4, -0.2) is 32.1 Å². The number of hydrogen-bond acceptors (Lipinski definition) is 7. The molecule has 7 nitrogen and oxygen atoms in total. The average molecular weight is 469 g/mol. The number of phenols is 1. The molecule has 0 radical (unpaired) electrons. The first-order valence-electron chi connectivity index (χ1n) is 10.9. The van der Waals surface area contributed by atoms with Gasteiger partial charge in [-0.05, 0) is 72.6 Å². The van der Waals surface area contributed by atoms with Gasteiger partial charge in [0.25, 0.3) is 0 Å². The predicted octanol–water partition coefficient (Wildman–Crippen LogP) is 6.36. The smallest absolute Gasteiger partial charge is 0.238 e. The van der Waals surface area contributed by atoms with Crippen molar-refractivity contribution in [3.63, 3.8) is 0 Å². The van der Waals surface area contributed by atoms with Crippen molar-refractivity contribution < 1.29 is 23.7 Å². The van der Waals surface area contributed by atoms with E-state index < -0.39 is 0 Å². The van der Waals surface area contributed by atoms with Crippen molar-refractivity contribution in [3.05, 3.63) is 77.9 Å². The lowest BCUT2D eigenvalue weighted by Crippen LogP contribution is -1.93. The maximum Gasteiger partial charge on any atom is 0.238 e. The van der Waals surface area contributed by atoms with Crippen LogP contribution >= 0.6 is 0 Å². The highest BCUT2D eigenvalue weighted by atomic mass is 16.5. The minimum Gasteiger partial charge on any atom is -0.504 e. The van der Waals surface area contributed by atoms with Crippen LogP contribution in [0.1, 0.15) is 18.1 Å². The Bertz CT molecular complexity index is 1380. The van der Waals surface area contributed by atoms with Crippen molar-refractivity contribution in [1.29, 1.82) is 5.26 Å². The molecule has 0 bridgehead atoms. The van der Waals surface area contributed by atoms with Crippen LogP contribution in [0.4, 0.5) is 5.88 Å². The van der Waals surface area contributed by atoms with E-state index in [-0.39, 0.29) is 11.6 Å². The summed E-state index contributed by atoms with van der Waals surface area (Å²) in [7, 11) is 3.20. The fourth-order valence-electron chi connectivity index (χ4n) is 3.61. The van der Waals surface area contributed by atoms with E-state index in [4.69, 9.17) is 18.6 Å². The van der Waals surface area contributed by atoms with Gasteiger partial charge >= 0.3 is 0 Å². The number of benzene rings is 3. The SMILES string of the molecule is CCOc1cc(C=Nc2oc(-c3ccc(OC)cc3)c(-c3ccc(OC)cc3)c2C#N)ccc1O. The number of phenolic OH excluding ortho intramolecular Hbond substituents is 1. The minimum atomic E-state index is 0.0447. The lowest BCUT2D eigenvalue weighted by atomic mass is 9.98. The lowest BCUT2D eigenvalue weighted by Gasteiger charge is -2.06. The number of methoxy groups -OCH3 is 2. The summed E-state index contributed by atoms with van der Waals surface area (Å²) in [5.41, 5.74) is 3.19. The summed E-state index contributed by atoms with van der Waals surface area (Å²) in [4.78, 5) is 4.48. The van der Waals surface area contributed by atoms with Gasteiger partial charge in [-0.25, -0.2) is 4.99 Å². The van der Waals surface area contributed by atoms with Crippen molar-refractivity contribution >= 4 is 12.1 Å². The molecule has 0 aliphatic carbocycles. The third-order valence-corrected chi connectivity index (χ3v) is 5.35. The van der Waals surface area contributed by atoms with Gasteiger partial charge in [0, 0.05) is 17.3 Å². The molecular weight excluding hydrogens is 444 g/mol. The molecule has 0 spiro atoms. The second-order valence-electron chi connectivity index (χ2n) is 7.47. The summed E-state index contributed by atoms with van der Waals surface area (Å²) >= 11 is 0. The molecule has 7 heteroatoms. The highest BCUT2D eigenvalue weighted by Crippen LogP contribution is 2.43. The van der Waals surface area contributed by atoms with E-state index in [1.807, 2.05) is 55.5 Å². The summed E-state index contributed by atoms with van der Waals surface area (Å²) in [5, 5.41) is 20.0. The second-order valence-corrected chi connectivity index (χ2v) is 7.47. The maximum atomic E-state index is 10.1. The van der Waals surface area contributed by atoms with Crippen LogP contribution in [0.25, 0.3) is 22.5 Å². The Morgan fingerprint density at radius 1 is 0.943 bits per heavy atom. The number of nitrogens with zero attached hydrogens (tertiary/aromatic N) is 2. The zero-order valence-electron chi connectivity index (χ0n) is 19.6. The summed E-state index contributed by atoms with van der Waals surface area (Å²) in [6.45, 7) is 2.25. The normalized spacial score (nSPS) is 10.8. The van der Waals surface area contributed by atoms with Gasteiger partial charge in [-0.2, -0.15) is 5.26 Å². The maximum absolute atomic E-state index is 10.1. The number of aromatic hydroxyl groups is 1. The molecule has 0 saturated carbocycles. The van der Waals surface area contributed by atoms with Crippen molar-refractivity contribution in [2.75, 3.05) is 20.8 Å². The van der Waals surface area contributed by atoms with E-state index in [9.17, 15) is 10.4 Å². The Balaban J connectivity index is 1.83. The molecular formula is C28H24N2O5. The molecule has 0 unspecified atom stereocenters. The molecule has 0 amide bonds. The first kappa shape index (κ1) is 23.5. The number of ether oxygens (including phenoxy) is 3. The zero-order chi connectivity index (χ0) is 24.8. The molecule has 176 valence electrons. The van der Waals surface area contributed by atoms with Gasteiger partial charge in [0.2, 0.25) is 5.88 Å². The molecule has 4 rings (SSSR count). The number of aliphatic imine (C=N–C) groups is 1. The molecule has 1 aromatic heterocycles. The van der Waals surface area contributed by atoms with Crippen LogP contribution in [0.15, 0.2) is 76.1 Å². The first-order valence-corrected chi connectivity index (χ1v) is 10.9. The van der Waals surface area contributed by atoms with Crippen LogP contribution in [0.2, 0.25) is 0 Å². The van der Waals surface area contributed by atoms with E-state index in [1.54, 1.807) is 32.6 Å². The number of furan rings is 1. The van der Waals surface area contributed by atoms with Crippen molar-refractivity contribution in [2.24, 2.45) is 4.99 Å². The predicted molar refractivity (Wildman–Crippen MR) is 134 cm³/mol. The van der Waals surface area contributed by atoms with Gasteiger partial charge < -0.3 is 23.7 Å². The van der Waals surface area contributed by atoms with E-state index in [2.05, 4.69) is 11.1 Å². The molecule has 3 aromatic carbocycles. The van der Waals surface area contributed by atoms with Crippen LogP contribution in [0.5, 0.6) is 23.0 Å². The Morgan fingerprint density at radius 2 is 1.57 bits per heavy atom.